The Kier molecular flexibility index (Phi) is 4.90. The maximum Gasteiger partial charge on any atom is 0.253 e. The molecule has 22 heavy (non-hydrogen) atoms. The summed E-state index contributed by atoms with van der Waals surface area (Å²) in [5, 5.41) is 2.84. The van der Waals surface area contributed by atoms with Gasteiger partial charge < -0.3 is 10.1 Å². The summed E-state index contributed by atoms with van der Waals surface area (Å²) in [7, 11) is 0. The van der Waals surface area contributed by atoms with Crippen molar-refractivity contribution in [2.45, 2.75) is 19.1 Å². The monoisotopic (exact) mass is 315 g/mol. The van der Waals surface area contributed by atoms with Crippen LogP contribution in [0.3, 0.4) is 0 Å². The maximum atomic E-state index is 12.1. The lowest BCUT2D eigenvalue weighted by molar-refractivity contribution is 0.0950. The third kappa shape index (κ3) is 3.98. The van der Waals surface area contributed by atoms with Gasteiger partial charge >= 0.3 is 0 Å². The van der Waals surface area contributed by atoms with Gasteiger partial charge in [0.15, 0.2) is 0 Å². The molecule has 1 amide bonds. The van der Waals surface area contributed by atoms with E-state index >= 15 is 0 Å². The van der Waals surface area contributed by atoms with Gasteiger partial charge in [-0.15, -0.1) is 0 Å². The van der Waals surface area contributed by atoms with Gasteiger partial charge in [0.25, 0.3) is 5.91 Å². The molecule has 0 radical (unpaired) electrons. The number of nitrogens with zero attached hydrogens (tertiary/aromatic N) is 2. The highest BCUT2D eigenvalue weighted by atomic mass is 32.2. The molecule has 5 nitrogen and oxygen atoms in total. The molecule has 0 saturated carbocycles. The third-order valence-electron chi connectivity index (χ3n) is 3.35. The van der Waals surface area contributed by atoms with E-state index in [1.807, 2.05) is 23.9 Å². The van der Waals surface area contributed by atoms with E-state index in [-0.39, 0.29) is 12.0 Å². The molecule has 0 spiro atoms. The Balaban J connectivity index is 1.54. The fourth-order valence-electron chi connectivity index (χ4n) is 2.15. The SMILES string of the molecule is O=C(NCc1cccnc1)c1ccc(OC2CCSC2)nc1. The summed E-state index contributed by atoms with van der Waals surface area (Å²) in [5.74, 6) is 2.57. The van der Waals surface area contributed by atoms with Gasteiger partial charge in [-0.3, -0.25) is 9.78 Å². The van der Waals surface area contributed by atoms with Gasteiger partial charge in [-0.2, -0.15) is 11.8 Å². The lowest BCUT2D eigenvalue weighted by Gasteiger charge is -2.11. The fourth-order valence-corrected chi connectivity index (χ4v) is 3.24. The van der Waals surface area contributed by atoms with Gasteiger partial charge in [-0.05, 0) is 29.9 Å². The first kappa shape index (κ1) is 14.8. The van der Waals surface area contributed by atoms with Crippen molar-refractivity contribution in [1.29, 1.82) is 0 Å². The number of carbonyl (C=O) groups is 1. The molecule has 0 aromatic carbocycles. The van der Waals surface area contributed by atoms with E-state index in [1.54, 1.807) is 30.7 Å². The number of carbonyl (C=O) groups excluding carboxylic acids is 1. The Morgan fingerprint density at radius 2 is 2.32 bits per heavy atom. The average Bonchev–Trinajstić information content (AvgIpc) is 3.07. The zero-order chi connectivity index (χ0) is 15.2. The van der Waals surface area contributed by atoms with E-state index in [4.69, 9.17) is 4.74 Å². The number of aromatic nitrogens is 2. The van der Waals surface area contributed by atoms with E-state index < -0.39 is 0 Å². The van der Waals surface area contributed by atoms with E-state index in [1.165, 1.54) is 0 Å². The highest BCUT2D eigenvalue weighted by Crippen LogP contribution is 2.21. The lowest BCUT2D eigenvalue weighted by Crippen LogP contribution is -2.23. The van der Waals surface area contributed by atoms with Crippen LogP contribution in [0.5, 0.6) is 5.88 Å². The summed E-state index contributed by atoms with van der Waals surface area (Å²) in [5.41, 5.74) is 1.49. The first-order chi connectivity index (χ1) is 10.8. The first-order valence-electron chi connectivity index (χ1n) is 7.19. The zero-order valence-corrected chi connectivity index (χ0v) is 12.9. The maximum absolute atomic E-state index is 12.1. The molecule has 3 heterocycles. The molecule has 1 N–H and O–H groups in total. The van der Waals surface area contributed by atoms with Crippen molar-refractivity contribution in [1.82, 2.24) is 15.3 Å². The van der Waals surface area contributed by atoms with Crippen LogP contribution in [0.25, 0.3) is 0 Å². The Morgan fingerprint density at radius 1 is 1.36 bits per heavy atom. The summed E-state index contributed by atoms with van der Waals surface area (Å²) < 4.78 is 5.77. The van der Waals surface area contributed by atoms with Crippen molar-refractivity contribution in [3.63, 3.8) is 0 Å². The minimum absolute atomic E-state index is 0.153. The predicted molar refractivity (Wildman–Crippen MR) is 86.0 cm³/mol. The zero-order valence-electron chi connectivity index (χ0n) is 12.1. The molecule has 114 valence electrons. The Hall–Kier alpha value is -2.08. The molecule has 6 heteroatoms. The lowest BCUT2D eigenvalue weighted by atomic mass is 10.2. The number of hydrogen-bond acceptors (Lipinski definition) is 5. The molecule has 1 aliphatic heterocycles. The van der Waals surface area contributed by atoms with Crippen LogP contribution in [0, 0.1) is 0 Å². The second-order valence-corrected chi connectivity index (χ2v) is 6.18. The van der Waals surface area contributed by atoms with Crippen LogP contribution in [-0.2, 0) is 6.54 Å². The number of hydrogen-bond donors (Lipinski definition) is 1. The largest absolute Gasteiger partial charge is 0.473 e. The van der Waals surface area contributed by atoms with Crippen molar-refractivity contribution in [3.05, 3.63) is 54.0 Å². The van der Waals surface area contributed by atoms with Gasteiger partial charge in [0.05, 0.1) is 5.56 Å². The van der Waals surface area contributed by atoms with Gasteiger partial charge in [0.2, 0.25) is 5.88 Å². The van der Waals surface area contributed by atoms with Crippen molar-refractivity contribution in [3.8, 4) is 5.88 Å². The van der Waals surface area contributed by atoms with Crippen LogP contribution in [0.4, 0.5) is 0 Å². The average molecular weight is 315 g/mol. The van der Waals surface area contributed by atoms with Crippen molar-refractivity contribution in [2.24, 2.45) is 0 Å². The summed E-state index contributed by atoms with van der Waals surface area (Å²) >= 11 is 1.89. The number of thioether (sulfide) groups is 1. The molecule has 0 aliphatic carbocycles. The molecule has 1 aliphatic rings. The summed E-state index contributed by atoms with van der Waals surface area (Å²) in [6.07, 6.45) is 6.28. The highest BCUT2D eigenvalue weighted by Gasteiger charge is 2.17. The Morgan fingerprint density at radius 3 is 3.00 bits per heavy atom. The van der Waals surface area contributed by atoms with E-state index in [0.717, 1.165) is 23.5 Å². The molecule has 3 rings (SSSR count). The first-order valence-corrected chi connectivity index (χ1v) is 8.34. The fraction of sp³-hybridized carbons (Fsp3) is 0.312. The van der Waals surface area contributed by atoms with Crippen LogP contribution in [0.2, 0.25) is 0 Å². The summed E-state index contributed by atoms with van der Waals surface area (Å²) in [4.78, 5) is 20.3. The molecule has 1 atom stereocenters. The number of rotatable bonds is 5. The molecule has 1 saturated heterocycles. The number of amides is 1. The standard InChI is InChI=1S/C16H17N3O2S/c20-16(19-9-12-2-1-6-17-8-12)13-3-4-15(18-10-13)21-14-5-7-22-11-14/h1-4,6,8,10,14H,5,7,9,11H2,(H,19,20). The normalized spacial score (nSPS) is 17.2. The van der Waals surface area contributed by atoms with E-state index in [9.17, 15) is 4.79 Å². The molecule has 0 bridgehead atoms. The predicted octanol–water partition coefficient (Wildman–Crippen LogP) is 2.29. The van der Waals surface area contributed by atoms with E-state index in [2.05, 4.69) is 15.3 Å². The van der Waals surface area contributed by atoms with Gasteiger partial charge in [-0.1, -0.05) is 6.07 Å². The third-order valence-corrected chi connectivity index (χ3v) is 4.48. The topological polar surface area (TPSA) is 64.1 Å². The van der Waals surface area contributed by atoms with Gasteiger partial charge in [0.1, 0.15) is 6.10 Å². The molecule has 1 unspecified atom stereocenters. The van der Waals surface area contributed by atoms with Crippen LogP contribution in [0.15, 0.2) is 42.9 Å². The van der Waals surface area contributed by atoms with Crippen molar-refractivity contribution >= 4 is 17.7 Å². The second-order valence-electron chi connectivity index (χ2n) is 5.03. The summed E-state index contributed by atoms with van der Waals surface area (Å²) in [6, 6.07) is 7.25. The Labute approximate surface area is 133 Å². The second kappa shape index (κ2) is 7.26. The van der Waals surface area contributed by atoms with Crippen LogP contribution < -0.4 is 10.1 Å². The molecule has 2 aromatic rings. The highest BCUT2D eigenvalue weighted by molar-refractivity contribution is 7.99. The Bertz CT molecular complexity index is 613. The molecular formula is C16H17N3O2S. The number of ether oxygens (including phenoxy) is 1. The van der Waals surface area contributed by atoms with Crippen molar-refractivity contribution in [2.75, 3.05) is 11.5 Å². The van der Waals surface area contributed by atoms with Crippen LogP contribution >= 0.6 is 11.8 Å². The molecule has 1 fully saturated rings. The quantitative estimate of drug-likeness (QED) is 0.917. The van der Waals surface area contributed by atoms with Crippen LogP contribution in [0.1, 0.15) is 22.3 Å². The number of nitrogens with one attached hydrogen (secondary N) is 1. The minimum atomic E-state index is -0.153. The van der Waals surface area contributed by atoms with Crippen LogP contribution in [-0.4, -0.2) is 33.5 Å². The number of pyridine rings is 2. The van der Waals surface area contributed by atoms with Gasteiger partial charge in [-0.25, -0.2) is 4.98 Å². The molecular weight excluding hydrogens is 298 g/mol. The smallest absolute Gasteiger partial charge is 0.253 e. The molecule has 2 aromatic heterocycles. The van der Waals surface area contributed by atoms with E-state index in [0.29, 0.717) is 18.0 Å². The van der Waals surface area contributed by atoms with Gasteiger partial charge in [0, 0.05) is 37.0 Å². The summed E-state index contributed by atoms with van der Waals surface area (Å²) in [6.45, 7) is 0.449. The van der Waals surface area contributed by atoms with Crippen molar-refractivity contribution < 1.29 is 9.53 Å². The minimum Gasteiger partial charge on any atom is -0.473 e.